The van der Waals surface area contributed by atoms with Crippen LogP contribution in [0.5, 0.6) is 0 Å². The first-order chi connectivity index (χ1) is 9.79. The van der Waals surface area contributed by atoms with Crippen LogP contribution >= 0.6 is 15.9 Å². The van der Waals surface area contributed by atoms with Crippen molar-refractivity contribution in [3.05, 3.63) is 22.6 Å². The predicted molar refractivity (Wildman–Crippen MR) is 90.1 cm³/mol. The first kappa shape index (κ1) is 17.8. The van der Waals surface area contributed by atoms with E-state index in [2.05, 4.69) is 28.2 Å². The van der Waals surface area contributed by atoms with Gasteiger partial charge in [0.1, 0.15) is 5.76 Å². The number of unbranched alkanes of at least 4 members (excludes halogenated alkanes) is 8. The average molecular weight is 344 g/mol. The Morgan fingerprint density at radius 2 is 1.65 bits per heavy atom. The van der Waals surface area contributed by atoms with E-state index in [1.54, 1.807) is 6.26 Å². The van der Waals surface area contributed by atoms with Crippen molar-refractivity contribution >= 4 is 15.9 Å². The normalized spacial score (nSPS) is 12.8. The minimum Gasteiger partial charge on any atom is -0.466 e. The van der Waals surface area contributed by atoms with Gasteiger partial charge in [0, 0.05) is 0 Å². The quantitative estimate of drug-likeness (QED) is 0.455. The van der Waals surface area contributed by atoms with Crippen molar-refractivity contribution in [1.82, 2.24) is 5.32 Å². The standard InChI is InChI=1S/C17H30BrNO/c1-3-4-5-6-7-8-9-10-11-12-16(19-2)17-15(18)13-14-20-17/h13-14,16,19H,3-12H2,1-2H3. The van der Waals surface area contributed by atoms with Gasteiger partial charge in [-0.25, -0.2) is 0 Å². The summed E-state index contributed by atoms with van der Waals surface area (Å²) in [5, 5.41) is 3.35. The van der Waals surface area contributed by atoms with Crippen molar-refractivity contribution in [2.75, 3.05) is 7.05 Å². The van der Waals surface area contributed by atoms with E-state index < -0.39 is 0 Å². The first-order valence-electron chi connectivity index (χ1n) is 8.19. The summed E-state index contributed by atoms with van der Waals surface area (Å²) < 4.78 is 6.62. The van der Waals surface area contributed by atoms with Gasteiger partial charge in [0.15, 0.2) is 0 Å². The van der Waals surface area contributed by atoms with Crippen LogP contribution < -0.4 is 5.32 Å². The molecule has 0 aromatic carbocycles. The molecule has 0 aliphatic rings. The molecule has 0 spiro atoms. The van der Waals surface area contributed by atoms with Crippen molar-refractivity contribution in [2.24, 2.45) is 0 Å². The molecule has 1 heterocycles. The molecule has 2 nitrogen and oxygen atoms in total. The molecule has 1 rings (SSSR count). The Labute approximate surface area is 132 Å². The van der Waals surface area contributed by atoms with Crippen molar-refractivity contribution in [1.29, 1.82) is 0 Å². The van der Waals surface area contributed by atoms with Crippen LogP contribution in [0.3, 0.4) is 0 Å². The van der Waals surface area contributed by atoms with Gasteiger partial charge >= 0.3 is 0 Å². The monoisotopic (exact) mass is 343 g/mol. The Balaban J connectivity index is 2.04. The second-order valence-electron chi connectivity index (χ2n) is 5.59. The van der Waals surface area contributed by atoms with Gasteiger partial charge in [-0.2, -0.15) is 0 Å². The molecular weight excluding hydrogens is 314 g/mol. The number of nitrogens with one attached hydrogen (secondary N) is 1. The predicted octanol–water partition coefficient (Wildman–Crippen LogP) is 6.22. The molecular formula is C17H30BrNO. The zero-order valence-electron chi connectivity index (χ0n) is 13.1. The lowest BCUT2D eigenvalue weighted by Gasteiger charge is -2.14. The Morgan fingerprint density at radius 1 is 1.05 bits per heavy atom. The molecule has 1 unspecified atom stereocenters. The summed E-state index contributed by atoms with van der Waals surface area (Å²) in [4.78, 5) is 0. The Bertz CT molecular complexity index is 337. The highest BCUT2D eigenvalue weighted by atomic mass is 79.9. The van der Waals surface area contributed by atoms with Crippen LogP contribution in [0.1, 0.15) is 82.9 Å². The van der Waals surface area contributed by atoms with Crippen LogP contribution in [0.25, 0.3) is 0 Å². The van der Waals surface area contributed by atoms with Gasteiger partial charge in [0.25, 0.3) is 0 Å². The maximum absolute atomic E-state index is 5.54. The molecule has 20 heavy (non-hydrogen) atoms. The third-order valence-electron chi connectivity index (χ3n) is 3.91. The molecule has 116 valence electrons. The van der Waals surface area contributed by atoms with E-state index >= 15 is 0 Å². The highest BCUT2D eigenvalue weighted by Crippen LogP contribution is 2.28. The first-order valence-corrected chi connectivity index (χ1v) is 8.99. The van der Waals surface area contributed by atoms with Crippen LogP contribution in [0.15, 0.2) is 21.2 Å². The van der Waals surface area contributed by atoms with Gasteiger partial charge in [-0.05, 0) is 35.5 Å². The second-order valence-corrected chi connectivity index (χ2v) is 6.45. The number of halogens is 1. The van der Waals surface area contributed by atoms with Crippen molar-refractivity contribution in [3.8, 4) is 0 Å². The molecule has 0 saturated heterocycles. The molecule has 0 aliphatic heterocycles. The molecule has 1 aromatic heterocycles. The summed E-state index contributed by atoms with van der Waals surface area (Å²) in [5.41, 5.74) is 0. The minimum atomic E-state index is 0.337. The molecule has 3 heteroatoms. The molecule has 0 radical (unpaired) electrons. The van der Waals surface area contributed by atoms with Crippen LogP contribution in [0.2, 0.25) is 0 Å². The fourth-order valence-corrected chi connectivity index (χ4v) is 3.10. The summed E-state index contributed by atoms with van der Waals surface area (Å²) in [7, 11) is 2.01. The Kier molecular flexibility index (Phi) is 10.1. The molecule has 0 amide bonds. The smallest absolute Gasteiger partial charge is 0.134 e. The molecule has 0 aliphatic carbocycles. The summed E-state index contributed by atoms with van der Waals surface area (Å²) >= 11 is 3.54. The fourth-order valence-electron chi connectivity index (χ4n) is 2.62. The van der Waals surface area contributed by atoms with E-state index in [-0.39, 0.29) is 0 Å². The summed E-state index contributed by atoms with van der Waals surface area (Å²) in [5.74, 6) is 1.03. The largest absolute Gasteiger partial charge is 0.466 e. The van der Waals surface area contributed by atoms with Crippen molar-refractivity contribution in [2.45, 2.75) is 77.2 Å². The summed E-state index contributed by atoms with van der Waals surface area (Å²) in [6.45, 7) is 2.27. The highest BCUT2D eigenvalue weighted by Gasteiger charge is 2.15. The van der Waals surface area contributed by atoms with Crippen LogP contribution in [-0.2, 0) is 0 Å². The maximum Gasteiger partial charge on any atom is 0.134 e. The zero-order valence-corrected chi connectivity index (χ0v) is 14.7. The van der Waals surface area contributed by atoms with Gasteiger partial charge in [0.05, 0.1) is 16.8 Å². The lowest BCUT2D eigenvalue weighted by atomic mass is 10.0. The van der Waals surface area contributed by atoms with Crippen LogP contribution in [0.4, 0.5) is 0 Å². The molecule has 0 fully saturated rings. The second kappa shape index (κ2) is 11.4. The number of furan rings is 1. The number of hydrogen-bond acceptors (Lipinski definition) is 2. The lowest BCUT2D eigenvalue weighted by molar-refractivity contribution is 0.399. The number of hydrogen-bond donors (Lipinski definition) is 1. The third kappa shape index (κ3) is 6.94. The van der Waals surface area contributed by atoms with E-state index in [1.807, 2.05) is 13.1 Å². The van der Waals surface area contributed by atoms with Gasteiger partial charge < -0.3 is 9.73 Å². The Morgan fingerprint density at radius 3 is 2.15 bits per heavy atom. The van der Waals surface area contributed by atoms with Gasteiger partial charge in [-0.15, -0.1) is 0 Å². The van der Waals surface area contributed by atoms with E-state index in [0.29, 0.717) is 6.04 Å². The van der Waals surface area contributed by atoms with E-state index in [1.165, 1.54) is 57.8 Å². The van der Waals surface area contributed by atoms with E-state index in [4.69, 9.17) is 4.42 Å². The Hall–Kier alpha value is -0.280. The van der Waals surface area contributed by atoms with E-state index in [0.717, 1.165) is 16.7 Å². The highest BCUT2D eigenvalue weighted by molar-refractivity contribution is 9.10. The van der Waals surface area contributed by atoms with Crippen LogP contribution in [-0.4, -0.2) is 7.05 Å². The minimum absolute atomic E-state index is 0.337. The fraction of sp³-hybridized carbons (Fsp3) is 0.765. The summed E-state index contributed by atoms with van der Waals surface area (Å²) in [6.07, 6.45) is 15.3. The van der Waals surface area contributed by atoms with Crippen LogP contribution in [0, 0.1) is 0 Å². The lowest BCUT2D eigenvalue weighted by Crippen LogP contribution is -2.16. The summed E-state index contributed by atoms with van der Waals surface area (Å²) in [6, 6.07) is 2.31. The van der Waals surface area contributed by atoms with Gasteiger partial charge in [-0.1, -0.05) is 64.7 Å². The molecule has 1 aromatic rings. The average Bonchev–Trinajstić information content (AvgIpc) is 2.87. The topological polar surface area (TPSA) is 25.2 Å². The third-order valence-corrected chi connectivity index (χ3v) is 4.56. The molecule has 0 saturated carbocycles. The van der Waals surface area contributed by atoms with Gasteiger partial charge in [0.2, 0.25) is 0 Å². The number of rotatable bonds is 12. The molecule has 1 N–H and O–H groups in total. The van der Waals surface area contributed by atoms with Gasteiger partial charge in [-0.3, -0.25) is 0 Å². The maximum atomic E-state index is 5.54. The zero-order chi connectivity index (χ0) is 14.6. The van der Waals surface area contributed by atoms with Crippen molar-refractivity contribution < 1.29 is 4.42 Å². The SMILES string of the molecule is CCCCCCCCCCCC(NC)c1occc1Br. The molecule has 0 bridgehead atoms. The van der Waals surface area contributed by atoms with Crippen molar-refractivity contribution in [3.63, 3.8) is 0 Å². The van der Waals surface area contributed by atoms with E-state index in [9.17, 15) is 0 Å². The molecule has 1 atom stereocenters.